The van der Waals surface area contributed by atoms with Crippen LogP contribution in [0.5, 0.6) is 0 Å². The van der Waals surface area contributed by atoms with Gasteiger partial charge in [-0.05, 0) is 0 Å². The molecule has 19 heavy (non-hydrogen) atoms. The topological polar surface area (TPSA) is 69.8 Å². The Morgan fingerprint density at radius 2 is 2.11 bits per heavy atom. The SMILES string of the molecule is CC(C)c1nc(S(=O)(=O)Cl)cn1CCn1ccnc1. The van der Waals surface area contributed by atoms with E-state index in [1.54, 1.807) is 12.5 Å². The number of rotatable bonds is 5. The standard InChI is InChI=1S/C11H15ClN4O2S/c1-9(2)11-14-10(19(12,17)18)7-16(11)6-5-15-4-3-13-8-15/h3-4,7-9H,5-6H2,1-2H3. The van der Waals surface area contributed by atoms with Crippen LogP contribution in [0.25, 0.3) is 0 Å². The van der Waals surface area contributed by atoms with Gasteiger partial charge in [0.25, 0.3) is 9.05 Å². The molecule has 6 nitrogen and oxygen atoms in total. The van der Waals surface area contributed by atoms with Crippen LogP contribution in [0.4, 0.5) is 0 Å². The summed E-state index contributed by atoms with van der Waals surface area (Å²) in [5.41, 5.74) is 0. The monoisotopic (exact) mass is 302 g/mol. The molecular weight excluding hydrogens is 288 g/mol. The van der Waals surface area contributed by atoms with E-state index in [1.807, 2.05) is 29.2 Å². The Bertz CT molecular complexity index is 646. The first-order valence-electron chi connectivity index (χ1n) is 5.85. The number of halogens is 1. The molecule has 0 fully saturated rings. The zero-order chi connectivity index (χ0) is 14.0. The molecule has 0 amide bonds. The lowest BCUT2D eigenvalue weighted by Gasteiger charge is -2.10. The first-order chi connectivity index (χ1) is 8.88. The summed E-state index contributed by atoms with van der Waals surface area (Å²) in [5, 5.41) is -0.0940. The Morgan fingerprint density at radius 1 is 1.37 bits per heavy atom. The van der Waals surface area contributed by atoms with Crippen molar-refractivity contribution in [2.75, 3.05) is 0 Å². The molecule has 0 bridgehead atoms. The van der Waals surface area contributed by atoms with Crippen LogP contribution in [0.15, 0.2) is 29.9 Å². The van der Waals surface area contributed by atoms with E-state index in [-0.39, 0.29) is 10.9 Å². The fourth-order valence-electron chi connectivity index (χ4n) is 1.80. The second-order valence-electron chi connectivity index (χ2n) is 4.52. The highest BCUT2D eigenvalue weighted by Crippen LogP contribution is 2.19. The van der Waals surface area contributed by atoms with Crippen LogP contribution in [0, 0.1) is 0 Å². The predicted octanol–water partition coefficient (Wildman–Crippen LogP) is 1.83. The Labute approximate surface area is 116 Å². The van der Waals surface area contributed by atoms with E-state index in [4.69, 9.17) is 10.7 Å². The van der Waals surface area contributed by atoms with E-state index in [0.29, 0.717) is 18.9 Å². The van der Waals surface area contributed by atoms with Gasteiger partial charge in [-0.3, -0.25) is 0 Å². The van der Waals surface area contributed by atoms with E-state index in [9.17, 15) is 8.42 Å². The molecule has 0 saturated heterocycles. The summed E-state index contributed by atoms with van der Waals surface area (Å²) >= 11 is 0. The first-order valence-corrected chi connectivity index (χ1v) is 8.16. The zero-order valence-corrected chi connectivity index (χ0v) is 12.3. The van der Waals surface area contributed by atoms with Gasteiger partial charge in [0.2, 0.25) is 0 Å². The van der Waals surface area contributed by atoms with Crippen LogP contribution < -0.4 is 0 Å². The van der Waals surface area contributed by atoms with Crippen molar-refractivity contribution in [2.45, 2.75) is 37.9 Å². The molecule has 0 aliphatic rings. The van der Waals surface area contributed by atoms with Crippen LogP contribution in [0.2, 0.25) is 0 Å². The number of imidazole rings is 2. The molecule has 0 aromatic carbocycles. The third-order valence-electron chi connectivity index (χ3n) is 2.71. The Kier molecular flexibility index (Phi) is 3.96. The molecule has 0 saturated carbocycles. The van der Waals surface area contributed by atoms with Crippen molar-refractivity contribution in [1.29, 1.82) is 0 Å². The second-order valence-corrected chi connectivity index (χ2v) is 7.04. The molecule has 8 heteroatoms. The number of nitrogens with zero attached hydrogens (tertiary/aromatic N) is 4. The van der Waals surface area contributed by atoms with Gasteiger partial charge in [0, 0.05) is 48.3 Å². The van der Waals surface area contributed by atoms with Crippen molar-refractivity contribution >= 4 is 19.7 Å². The fourth-order valence-corrected chi connectivity index (χ4v) is 2.48. The Hall–Kier alpha value is -1.34. The quantitative estimate of drug-likeness (QED) is 0.790. The molecule has 0 unspecified atom stereocenters. The van der Waals surface area contributed by atoms with Crippen molar-refractivity contribution < 1.29 is 8.42 Å². The van der Waals surface area contributed by atoms with E-state index in [0.717, 1.165) is 0 Å². The number of aromatic nitrogens is 4. The van der Waals surface area contributed by atoms with E-state index in [2.05, 4.69) is 9.97 Å². The number of hydrogen-bond acceptors (Lipinski definition) is 4. The van der Waals surface area contributed by atoms with Crippen molar-refractivity contribution in [3.8, 4) is 0 Å². The second kappa shape index (κ2) is 5.34. The highest BCUT2D eigenvalue weighted by atomic mass is 35.7. The minimum Gasteiger partial charge on any atom is -0.336 e. The van der Waals surface area contributed by atoms with E-state index in [1.165, 1.54) is 6.20 Å². The normalized spacial score (nSPS) is 12.2. The molecular formula is C11H15ClN4O2S. The highest BCUT2D eigenvalue weighted by molar-refractivity contribution is 8.13. The predicted molar refractivity (Wildman–Crippen MR) is 71.6 cm³/mol. The van der Waals surface area contributed by atoms with Gasteiger partial charge >= 0.3 is 0 Å². The van der Waals surface area contributed by atoms with E-state index < -0.39 is 9.05 Å². The lowest BCUT2D eigenvalue weighted by molar-refractivity contribution is 0.546. The van der Waals surface area contributed by atoms with Crippen molar-refractivity contribution in [3.63, 3.8) is 0 Å². The fraction of sp³-hybridized carbons (Fsp3) is 0.455. The molecule has 0 aliphatic heterocycles. The van der Waals surface area contributed by atoms with Gasteiger partial charge in [0.05, 0.1) is 6.33 Å². The molecule has 0 aliphatic carbocycles. The summed E-state index contributed by atoms with van der Waals surface area (Å²) in [6.07, 6.45) is 6.75. The maximum absolute atomic E-state index is 11.3. The molecule has 0 atom stereocenters. The minimum absolute atomic E-state index is 0.0940. The van der Waals surface area contributed by atoms with Gasteiger partial charge in [-0.2, -0.15) is 0 Å². The minimum atomic E-state index is -3.79. The van der Waals surface area contributed by atoms with Crippen molar-refractivity contribution in [1.82, 2.24) is 19.1 Å². The largest absolute Gasteiger partial charge is 0.336 e. The lowest BCUT2D eigenvalue weighted by atomic mass is 10.2. The van der Waals surface area contributed by atoms with Gasteiger partial charge in [-0.1, -0.05) is 13.8 Å². The number of aryl methyl sites for hydroxylation is 2. The summed E-state index contributed by atoms with van der Waals surface area (Å²) in [7, 11) is 1.54. The summed E-state index contributed by atoms with van der Waals surface area (Å²) in [5.74, 6) is 0.828. The average molecular weight is 303 g/mol. The van der Waals surface area contributed by atoms with Crippen LogP contribution in [-0.2, 0) is 22.1 Å². The molecule has 104 valence electrons. The molecule has 0 radical (unpaired) electrons. The first kappa shape index (κ1) is 14.1. The van der Waals surface area contributed by atoms with Gasteiger partial charge in [0.1, 0.15) is 5.82 Å². The third kappa shape index (κ3) is 3.36. The molecule has 2 rings (SSSR count). The van der Waals surface area contributed by atoms with Crippen LogP contribution >= 0.6 is 10.7 Å². The van der Waals surface area contributed by atoms with Gasteiger partial charge in [-0.25, -0.2) is 18.4 Å². The number of hydrogen-bond donors (Lipinski definition) is 0. The maximum Gasteiger partial charge on any atom is 0.280 e. The van der Waals surface area contributed by atoms with Gasteiger partial charge in [0.15, 0.2) is 5.03 Å². The Balaban J connectivity index is 2.25. The average Bonchev–Trinajstić information content (AvgIpc) is 2.94. The summed E-state index contributed by atoms with van der Waals surface area (Å²) in [6.45, 7) is 5.22. The smallest absolute Gasteiger partial charge is 0.280 e. The van der Waals surface area contributed by atoms with Crippen molar-refractivity contribution in [2.24, 2.45) is 0 Å². The van der Waals surface area contributed by atoms with E-state index >= 15 is 0 Å². The van der Waals surface area contributed by atoms with Crippen LogP contribution in [-0.4, -0.2) is 27.5 Å². The molecule has 0 N–H and O–H groups in total. The molecule has 2 aromatic rings. The van der Waals surface area contributed by atoms with Crippen LogP contribution in [0.3, 0.4) is 0 Å². The molecule has 2 heterocycles. The zero-order valence-electron chi connectivity index (χ0n) is 10.7. The summed E-state index contributed by atoms with van der Waals surface area (Å²) < 4.78 is 26.4. The summed E-state index contributed by atoms with van der Waals surface area (Å²) in [4.78, 5) is 8.06. The van der Waals surface area contributed by atoms with Gasteiger partial charge in [-0.15, -0.1) is 0 Å². The third-order valence-corrected chi connectivity index (χ3v) is 3.88. The molecule has 2 aromatic heterocycles. The maximum atomic E-state index is 11.3. The van der Waals surface area contributed by atoms with Gasteiger partial charge < -0.3 is 9.13 Å². The van der Waals surface area contributed by atoms with Crippen LogP contribution in [0.1, 0.15) is 25.6 Å². The highest BCUT2D eigenvalue weighted by Gasteiger charge is 2.19. The Morgan fingerprint density at radius 3 is 2.63 bits per heavy atom. The summed E-state index contributed by atoms with van der Waals surface area (Å²) in [6, 6.07) is 0. The van der Waals surface area contributed by atoms with Crippen molar-refractivity contribution in [3.05, 3.63) is 30.7 Å². The lowest BCUT2D eigenvalue weighted by Crippen LogP contribution is -2.09. The molecule has 0 spiro atoms.